The first-order chi connectivity index (χ1) is 14.7. The molecule has 0 aliphatic carbocycles. The molecule has 0 radical (unpaired) electrons. The molecule has 150 valence electrons. The SMILES string of the molecule is COc1cc(/C=C/c2ccc(C=O)cc2)c(OC)cc1/C=C/c1ccc(C=O)cc1. The molecule has 0 N–H and O–H groups in total. The molecule has 0 aliphatic heterocycles. The number of hydrogen-bond donors (Lipinski definition) is 0. The zero-order valence-electron chi connectivity index (χ0n) is 16.9. The average molecular weight is 398 g/mol. The molecule has 0 heterocycles. The number of ether oxygens (including phenoxy) is 2. The van der Waals surface area contributed by atoms with Crippen LogP contribution in [0.2, 0.25) is 0 Å². The van der Waals surface area contributed by atoms with Gasteiger partial charge in [0, 0.05) is 22.3 Å². The molecule has 0 fully saturated rings. The van der Waals surface area contributed by atoms with Crippen LogP contribution in [0.25, 0.3) is 24.3 Å². The van der Waals surface area contributed by atoms with Crippen molar-refractivity contribution in [2.24, 2.45) is 0 Å². The van der Waals surface area contributed by atoms with Crippen LogP contribution in [0.1, 0.15) is 43.0 Å². The predicted octanol–water partition coefficient (Wildman–Crippen LogP) is 5.67. The van der Waals surface area contributed by atoms with E-state index in [0.717, 1.165) is 34.8 Å². The molecule has 3 rings (SSSR count). The van der Waals surface area contributed by atoms with Crippen molar-refractivity contribution >= 4 is 36.9 Å². The highest BCUT2D eigenvalue weighted by Crippen LogP contribution is 2.31. The first-order valence-corrected chi connectivity index (χ1v) is 9.39. The molecule has 0 atom stereocenters. The van der Waals surface area contributed by atoms with Crippen molar-refractivity contribution in [1.82, 2.24) is 0 Å². The average Bonchev–Trinajstić information content (AvgIpc) is 2.81. The van der Waals surface area contributed by atoms with E-state index >= 15 is 0 Å². The molecular formula is C26H22O4. The van der Waals surface area contributed by atoms with Crippen molar-refractivity contribution in [3.63, 3.8) is 0 Å². The van der Waals surface area contributed by atoms with Gasteiger partial charge in [0.1, 0.15) is 24.1 Å². The summed E-state index contributed by atoms with van der Waals surface area (Å²) in [7, 11) is 3.26. The van der Waals surface area contributed by atoms with Gasteiger partial charge in [-0.2, -0.15) is 0 Å². The molecule has 0 unspecified atom stereocenters. The lowest BCUT2D eigenvalue weighted by molar-refractivity contribution is 0.111. The fourth-order valence-electron chi connectivity index (χ4n) is 2.95. The van der Waals surface area contributed by atoms with Crippen LogP contribution in [0, 0.1) is 0 Å². The smallest absolute Gasteiger partial charge is 0.150 e. The Labute approximate surface area is 176 Å². The minimum atomic E-state index is 0.642. The molecule has 0 saturated carbocycles. The van der Waals surface area contributed by atoms with E-state index in [0.29, 0.717) is 22.6 Å². The fourth-order valence-corrected chi connectivity index (χ4v) is 2.95. The third kappa shape index (κ3) is 5.11. The zero-order valence-corrected chi connectivity index (χ0v) is 16.9. The summed E-state index contributed by atoms with van der Waals surface area (Å²) in [5.74, 6) is 1.43. The molecule has 30 heavy (non-hydrogen) atoms. The highest BCUT2D eigenvalue weighted by molar-refractivity contribution is 5.81. The second-order valence-corrected chi connectivity index (χ2v) is 6.57. The number of carbonyl (C=O) groups is 2. The molecule has 0 aliphatic rings. The summed E-state index contributed by atoms with van der Waals surface area (Å²) in [6.45, 7) is 0. The zero-order chi connectivity index (χ0) is 21.3. The summed E-state index contributed by atoms with van der Waals surface area (Å²) in [5, 5.41) is 0. The fraction of sp³-hybridized carbons (Fsp3) is 0.0769. The van der Waals surface area contributed by atoms with Crippen molar-refractivity contribution in [3.8, 4) is 11.5 Å². The molecule has 3 aromatic carbocycles. The number of carbonyl (C=O) groups excluding carboxylic acids is 2. The van der Waals surface area contributed by atoms with Crippen molar-refractivity contribution in [1.29, 1.82) is 0 Å². The third-order valence-electron chi connectivity index (χ3n) is 4.64. The van der Waals surface area contributed by atoms with Crippen LogP contribution < -0.4 is 9.47 Å². The maximum Gasteiger partial charge on any atom is 0.150 e. The summed E-state index contributed by atoms with van der Waals surface area (Å²) in [5.41, 5.74) is 4.99. The van der Waals surface area contributed by atoms with Gasteiger partial charge < -0.3 is 9.47 Å². The van der Waals surface area contributed by atoms with Gasteiger partial charge in [-0.1, -0.05) is 72.8 Å². The summed E-state index contributed by atoms with van der Waals surface area (Å²) in [6, 6.07) is 18.5. The van der Waals surface area contributed by atoms with E-state index in [4.69, 9.17) is 9.47 Å². The van der Waals surface area contributed by atoms with Gasteiger partial charge in [0.25, 0.3) is 0 Å². The van der Waals surface area contributed by atoms with E-state index < -0.39 is 0 Å². The summed E-state index contributed by atoms with van der Waals surface area (Å²) < 4.78 is 11.1. The Kier molecular flexibility index (Phi) is 6.95. The number of hydrogen-bond acceptors (Lipinski definition) is 4. The molecule has 0 spiro atoms. The van der Waals surface area contributed by atoms with Gasteiger partial charge in [0.05, 0.1) is 14.2 Å². The van der Waals surface area contributed by atoms with E-state index in [-0.39, 0.29) is 0 Å². The van der Waals surface area contributed by atoms with Crippen LogP contribution >= 0.6 is 0 Å². The first-order valence-electron chi connectivity index (χ1n) is 9.39. The highest BCUT2D eigenvalue weighted by atomic mass is 16.5. The maximum atomic E-state index is 10.8. The Morgan fingerprint density at radius 2 is 0.867 bits per heavy atom. The minimum absolute atomic E-state index is 0.642. The van der Waals surface area contributed by atoms with E-state index in [2.05, 4.69) is 0 Å². The van der Waals surface area contributed by atoms with Gasteiger partial charge >= 0.3 is 0 Å². The summed E-state index contributed by atoms with van der Waals surface area (Å²) in [4.78, 5) is 21.6. The minimum Gasteiger partial charge on any atom is -0.496 e. The van der Waals surface area contributed by atoms with E-state index in [1.807, 2.05) is 60.7 Å². The Morgan fingerprint density at radius 1 is 0.533 bits per heavy atom. The van der Waals surface area contributed by atoms with Crippen molar-refractivity contribution in [2.75, 3.05) is 14.2 Å². The van der Waals surface area contributed by atoms with Gasteiger partial charge in [0.2, 0.25) is 0 Å². The normalized spacial score (nSPS) is 11.0. The van der Waals surface area contributed by atoms with Crippen LogP contribution in [-0.4, -0.2) is 26.8 Å². The van der Waals surface area contributed by atoms with Crippen molar-refractivity contribution in [2.45, 2.75) is 0 Å². The Morgan fingerprint density at radius 3 is 1.17 bits per heavy atom. The highest BCUT2D eigenvalue weighted by Gasteiger charge is 2.08. The Hall–Kier alpha value is -3.92. The van der Waals surface area contributed by atoms with E-state index in [9.17, 15) is 9.59 Å². The Balaban J connectivity index is 1.88. The maximum absolute atomic E-state index is 10.8. The van der Waals surface area contributed by atoms with Crippen LogP contribution in [0.3, 0.4) is 0 Å². The number of rotatable bonds is 8. The first kappa shape index (κ1) is 20.8. The largest absolute Gasteiger partial charge is 0.496 e. The Bertz CT molecular complexity index is 986. The van der Waals surface area contributed by atoms with Crippen molar-refractivity contribution < 1.29 is 19.1 Å². The van der Waals surface area contributed by atoms with Gasteiger partial charge in [-0.25, -0.2) is 0 Å². The molecule has 0 saturated heterocycles. The van der Waals surface area contributed by atoms with Gasteiger partial charge in [-0.05, 0) is 23.3 Å². The molecule has 3 aromatic rings. The second kappa shape index (κ2) is 10.0. The molecule has 0 aromatic heterocycles. The van der Waals surface area contributed by atoms with Crippen LogP contribution in [-0.2, 0) is 0 Å². The number of aldehydes is 2. The standard InChI is InChI=1S/C26H22O4/c1-29-25-15-24(14-12-20-5-9-22(18-28)10-6-20)26(30-2)16-23(25)13-11-19-3-7-21(17-27)8-4-19/h3-18H,1-2H3/b13-11+,14-12+. The van der Waals surface area contributed by atoms with Crippen LogP contribution in [0.15, 0.2) is 60.7 Å². The summed E-state index contributed by atoms with van der Waals surface area (Å²) in [6.07, 6.45) is 9.45. The predicted molar refractivity (Wildman–Crippen MR) is 121 cm³/mol. The second-order valence-electron chi connectivity index (χ2n) is 6.57. The van der Waals surface area contributed by atoms with Gasteiger partial charge in [-0.3, -0.25) is 9.59 Å². The lowest BCUT2D eigenvalue weighted by Crippen LogP contribution is -1.93. The molecule has 0 bridgehead atoms. The quantitative estimate of drug-likeness (QED) is 0.362. The van der Waals surface area contributed by atoms with Crippen LogP contribution in [0.4, 0.5) is 0 Å². The third-order valence-corrected chi connectivity index (χ3v) is 4.64. The molecular weight excluding hydrogens is 376 g/mol. The summed E-state index contributed by atoms with van der Waals surface area (Å²) >= 11 is 0. The lowest BCUT2D eigenvalue weighted by atomic mass is 10.0. The van der Waals surface area contributed by atoms with Crippen molar-refractivity contribution in [3.05, 3.63) is 94.0 Å². The number of benzene rings is 3. The number of methoxy groups -OCH3 is 2. The molecule has 4 nitrogen and oxygen atoms in total. The van der Waals surface area contributed by atoms with Gasteiger partial charge in [0.15, 0.2) is 0 Å². The van der Waals surface area contributed by atoms with Crippen LogP contribution in [0.5, 0.6) is 11.5 Å². The lowest BCUT2D eigenvalue weighted by Gasteiger charge is -2.11. The monoisotopic (exact) mass is 398 g/mol. The van der Waals surface area contributed by atoms with E-state index in [1.165, 1.54) is 0 Å². The molecule has 0 amide bonds. The topological polar surface area (TPSA) is 52.6 Å². The molecule has 4 heteroatoms. The van der Waals surface area contributed by atoms with Gasteiger partial charge in [-0.15, -0.1) is 0 Å². The van der Waals surface area contributed by atoms with E-state index in [1.54, 1.807) is 38.5 Å².